The molecule has 0 aliphatic carbocycles. The minimum atomic E-state index is -0.861. The molecule has 0 fully saturated rings. The molecule has 0 aliphatic heterocycles. The number of thiazole rings is 1. The first kappa shape index (κ1) is 18.1. The quantitative estimate of drug-likeness (QED) is 0.260. The fraction of sp³-hybridized carbons (Fsp3) is 0.0625. The molecule has 0 saturated heterocycles. The number of nitro groups is 1. The standard InChI is InChI=1S/C16H11N3O7S/c20-11-4-1-8(5-12(11)21)15(23)26-7-14(22)18-16-17-10-3-2-9(19(24)25)6-13(10)27-16/h1-6,20-21H,7H2,(H,17,18,22). The number of carbonyl (C=O) groups is 2. The Kier molecular flexibility index (Phi) is 4.86. The molecule has 3 N–H and O–H groups in total. The number of phenols is 2. The van der Waals surface area contributed by atoms with Gasteiger partial charge in [-0.2, -0.15) is 0 Å². The maximum absolute atomic E-state index is 11.9. The van der Waals surface area contributed by atoms with E-state index in [1.165, 1.54) is 24.3 Å². The number of amides is 1. The minimum Gasteiger partial charge on any atom is -0.504 e. The molecule has 1 aromatic heterocycles. The molecular formula is C16H11N3O7S. The van der Waals surface area contributed by atoms with Crippen molar-refractivity contribution in [2.24, 2.45) is 0 Å². The summed E-state index contributed by atoms with van der Waals surface area (Å²) in [6.07, 6.45) is 0. The van der Waals surface area contributed by atoms with Crippen LogP contribution in [0, 0.1) is 10.1 Å². The van der Waals surface area contributed by atoms with Crippen molar-refractivity contribution in [3.63, 3.8) is 0 Å². The average molecular weight is 389 g/mol. The van der Waals surface area contributed by atoms with Gasteiger partial charge in [-0.1, -0.05) is 11.3 Å². The van der Waals surface area contributed by atoms with Gasteiger partial charge >= 0.3 is 5.97 Å². The number of anilines is 1. The number of nitro benzene ring substituents is 1. The van der Waals surface area contributed by atoms with Crippen LogP contribution in [0.15, 0.2) is 36.4 Å². The number of esters is 1. The Morgan fingerprint density at radius 3 is 2.67 bits per heavy atom. The van der Waals surface area contributed by atoms with E-state index in [-0.39, 0.29) is 22.1 Å². The first-order valence-corrected chi connectivity index (χ1v) is 8.19. The molecule has 0 bridgehead atoms. The molecule has 27 heavy (non-hydrogen) atoms. The van der Waals surface area contributed by atoms with E-state index >= 15 is 0 Å². The van der Waals surface area contributed by atoms with Gasteiger partial charge in [-0.15, -0.1) is 0 Å². The van der Waals surface area contributed by atoms with Crippen molar-refractivity contribution in [1.29, 1.82) is 0 Å². The number of phenolic OH excluding ortho intramolecular Hbond substituents is 2. The Bertz CT molecular complexity index is 1060. The summed E-state index contributed by atoms with van der Waals surface area (Å²) in [4.78, 5) is 38.1. The molecule has 3 aromatic rings. The van der Waals surface area contributed by atoms with Gasteiger partial charge in [0.25, 0.3) is 11.6 Å². The number of aromatic nitrogens is 1. The predicted octanol–water partition coefficient (Wildman–Crippen LogP) is 2.41. The number of carbonyl (C=O) groups excluding carboxylic acids is 2. The Morgan fingerprint density at radius 1 is 1.19 bits per heavy atom. The number of ether oxygens (including phenoxy) is 1. The van der Waals surface area contributed by atoms with Crippen LogP contribution in [0.4, 0.5) is 10.8 Å². The normalized spacial score (nSPS) is 10.5. The van der Waals surface area contributed by atoms with Crippen LogP contribution in [0.3, 0.4) is 0 Å². The largest absolute Gasteiger partial charge is 0.504 e. The predicted molar refractivity (Wildman–Crippen MR) is 95.0 cm³/mol. The van der Waals surface area contributed by atoms with Crippen molar-refractivity contribution in [2.75, 3.05) is 11.9 Å². The molecule has 10 nitrogen and oxygen atoms in total. The zero-order valence-corrected chi connectivity index (χ0v) is 14.2. The summed E-state index contributed by atoms with van der Waals surface area (Å²) in [5, 5.41) is 32.0. The van der Waals surface area contributed by atoms with Crippen LogP contribution in [0.1, 0.15) is 10.4 Å². The van der Waals surface area contributed by atoms with Crippen molar-refractivity contribution >= 4 is 44.2 Å². The van der Waals surface area contributed by atoms with Crippen molar-refractivity contribution in [1.82, 2.24) is 4.98 Å². The zero-order valence-electron chi connectivity index (χ0n) is 13.4. The summed E-state index contributed by atoms with van der Waals surface area (Å²) in [5.74, 6) is -2.39. The molecule has 11 heteroatoms. The van der Waals surface area contributed by atoms with E-state index < -0.39 is 29.2 Å². The van der Waals surface area contributed by atoms with E-state index in [1.54, 1.807) is 0 Å². The van der Waals surface area contributed by atoms with Crippen LogP contribution in [0.2, 0.25) is 0 Å². The van der Waals surface area contributed by atoms with E-state index in [4.69, 9.17) is 4.74 Å². The first-order chi connectivity index (χ1) is 12.8. The molecule has 2 aromatic carbocycles. The topological polar surface area (TPSA) is 152 Å². The van der Waals surface area contributed by atoms with Crippen molar-refractivity contribution in [2.45, 2.75) is 0 Å². The smallest absolute Gasteiger partial charge is 0.338 e. The van der Waals surface area contributed by atoms with Gasteiger partial charge in [-0.25, -0.2) is 9.78 Å². The second kappa shape index (κ2) is 7.25. The molecule has 0 radical (unpaired) electrons. The fourth-order valence-electron chi connectivity index (χ4n) is 2.10. The van der Waals surface area contributed by atoms with Gasteiger partial charge in [0.2, 0.25) is 0 Å². The maximum atomic E-state index is 11.9. The second-order valence-electron chi connectivity index (χ2n) is 5.26. The molecule has 1 heterocycles. The van der Waals surface area contributed by atoms with Crippen LogP contribution in [-0.4, -0.2) is 38.6 Å². The summed E-state index contributed by atoms with van der Waals surface area (Å²) >= 11 is 1.04. The van der Waals surface area contributed by atoms with Gasteiger partial charge in [0.05, 0.1) is 20.7 Å². The lowest BCUT2D eigenvalue weighted by molar-refractivity contribution is -0.384. The van der Waals surface area contributed by atoms with E-state index in [2.05, 4.69) is 10.3 Å². The van der Waals surface area contributed by atoms with Crippen LogP contribution < -0.4 is 5.32 Å². The highest BCUT2D eigenvalue weighted by Gasteiger charge is 2.15. The lowest BCUT2D eigenvalue weighted by Crippen LogP contribution is -2.20. The fourth-order valence-corrected chi connectivity index (χ4v) is 3.02. The number of rotatable bonds is 5. The molecule has 1 amide bonds. The SMILES string of the molecule is O=C(COC(=O)c1ccc(O)c(O)c1)Nc1nc2ccc([N+](=O)[O-])cc2s1. The molecule has 0 spiro atoms. The van der Waals surface area contributed by atoms with E-state index in [0.717, 1.165) is 23.5 Å². The van der Waals surface area contributed by atoms with Crippen molar-refractivity contribution in [3.05, 3.63) is 52.1 Å². The summed E-state index contributed by atoms with van der Waals surface area (Å²) < 4.78 is 5.35. The Balaban J connectivity index is 1.62. The molecule has 0 aliphatic rings. The minimum absolute atomic E-state index is 0.0367. The van der Waals surface area contributed by atoms with Crippen LogP contribution in [-0.2, 0) is 9.53 Å². The van der Waals surface area contributed by atoms with E-state index in [1.807, 2.05) is 0 Å². The van der Waals surface area contributed by atoms with Crippen LogP contribution >= 0.6 is 11.3 Å². The van der Waals surface area contributed by atoms with Gasteiger partial charge < -0.3 is 14.9 Å². The first-order valence-electron chi connectivity index (χ1n) is 7.37. The summed E-state index contributed by atoms with van der Waals surface area (Å²) in [7, 11) is 0. The number of benzene rings is 2. The van der Waals surface area contributed by atoms with Gasteiger partial charge in [0, 0.05) is 12.1 Å². The van der Waals surface area contributed by atoms with Crippen LogP contribution in [0.5, 0.6) is 11.5 Å². The number of nitrogens with zero attached hydrogens (tertiary/aromatic N) is 2. The molecule has 0 atom stereocenters. The Labute approximate surface area is 154 Å². The molecular weight excluding hydrogens is 378 g/mol. The van der Waals surface area contributed by atoms with Crippen molar-refractivity contribution in [3.8, 4) is 11.5 Å². The lowest BCUT2D eigenvalue weighted by Gasteiger charge is -2.05. The highest BCUT2D eigenvalue weighted by molar-refractivity contribution is 7.22. The van der Waals surface area contributed by atoms with E-state index in [0.29, 0.717) is 10.2 Å². The Hall–Kier alpha value is -3.73. The molecule has 0 saturated carbocycles. The van der Waals surface area contributed by atoms with Gasteiger partial charge in [0.15, 0.2) is 23.2 Å². The third-order valence-electron chi connectivity index (χ3n) is 3.37. The third kappa shape index (κ3) is 4.10. The van der Waals surface area contributed by atoms with Gasteiger partial charge in [0.1, 0.15) is 0 Å². The van der Waals surface area contributed by atoms with Gasteiger partial charge in [-0.3, -0.25) is 20.2 Å². The summed E-state index contributed by atoms with van der Waals surface area (Å²) in [6, 6.07) is 7.48. The zero-order chi connectivity index (χ0) is 19.6. The third-order valence-corrected chi connectivity index (χ3v) is 4.31. The number of fused-ring (bicyclic) bond motifs is 1. The van der Waals surface area contributed by atoms with Crippen LogP contribution in [0.25, 0.3) is 10.2 Å². The number of hydrogen-bond acceptors (Lipinski definition) is 9. The van der Waals surface area contributed by atoms with Crippen molar-refractivity contribution < 1.29 is 29.5 Å². The number of non-ortho nitro benzene ring substituents is 1. The second-order valence-corrected chi connectivity index (χ2v) is 6.29. The lowest BCUT2D eigenvalue weighted by atomic mass is 10.2. The maximum Gasteiger partial charge on any atom is 0.338 e. The monoisotopic (exact) mass is 389 g/mol. The number of nitrogens with one attached hydrogen (secondary N) is 1. The molecule has 138 valence electrons. The molecule has 0 unspecified atom stereocenters. The number of hydrogen-bond donors (Lipinski definition) is 3. The summed E-state index contributed by atoms with van der Waals surface area (Å²) in [6.45, 7) is -0.601. The Morgan fingerprint density at radius 2 is 1.96 bits per heavy atom. The van der Waals surface area contributed by atoms with E-state index in [9.17, 15) is 29.9 Å². The summed E-state index contributed by atoms with van der Waals surface area (Å²) in [5.41, 5.74) is 0.359. The van der Waals surface area contributed by atoms with Gasteiger partial charge in [-0.05, 0) is 24.3 Å². The highest BCUT2D eigenvalue weighted by Crippen LogP contribution is 2.29. The number of aromatic hydroxyl groups is 2. The highest BCUT2D eigenvalue weighted by atomic mass is 32.1. The average Bonchev–Trinajstić information content (AvgIpc) is 3.03. The molecule has 3 rings (SSSR count).